The second-order valence-electron chi connectivity index (χ2n) is 5.62. The molecule has 0 spiro atoms. The molecular weight excluding hydrogens is 314 g/mol. The lowest BCUT2D eigenvalue weighted by atomic mass is 10.0. The Bertz CT molecular complexity index is 903. The summed E-state index contributed by atoms with van der Waals surface area (Å²) in [5, 5.41) is 7.48. The van der Waals surface area contributed by atoms with E-state index in [1.54, 1.807) is 6.26 Å². The molecule has 0 saturated heterocycles. The standard InChI is InChI=1S/C20H17N3O2/c1-3-8-15(9-4-1)19(17-12-7-13-24-17)21-14-18-22-20(23-25-18)16-10-5-2-6-11-16/h1-13,19,21H,14H2/t19-/m1/s1. The Balaban J connectivity index is 1.51. The van der Waals surface area contributed by atoms with Gasteiger partial charge in [-0.2, -0.15) is 4.98 Å². The van der Waals surface area contributed by atoms with E-state index < -0.39 is 0 Å². The molecule has 4 aromatic rings. The molecule has 0 unspecified atom stereocenters. The topological polar surface area (TPSA) is 64.1 Å². The first kappa shape index (κ1) is 15.4. The lowest BCUT2D eigenvalue weighted by Crippen LogP contribution is -2.21. The van der Waals surface area contributed by atoms with Crippen molar-refractivity contribution in [2.24, 2.45) is 0 Å². The largest absolute Gasteiger partial charge is 0.467 e. The van der Waals surface area contributed by atoms with Gasteiger partial charge in [0.25, 0.3) is 0 Å². The molecule has 0 saturated carbocycles. The minimum absolute atomic E-state index is 0.0803. The summed E-state index contributed by atoms with van der Waals surface area (Å²) in [7, 11) is 0. The van der Waals surface area contributed by atoms with Crippen LogP contribution >= 0.6 is 0 Å². The molecular formula is C20H17N3O2. The van der Waals surface area contributed by atoms with Gasteiger partial charge in [0.15, 0.2) is 0 Å². The van der Waals surface area contributed by atoms with E-state index in [1.165, 1.54) is 0 Å². The molecule has 4 rings (SSSR count). The van der Waals surface area contributed by atoms with Crippen LogP contribution in [0.4, 0.5) is 0 Å². The zero-order chi connectivity index (χ0) is 16.9. The number of aromatic nitrogens is 2. The summed E-state index contributed by atoms with van der Waals surface area (Å²) in [5.41, 5.74) is 2.04. The van der Waals surface area contributed by atoms with Gasteiger partial charge in [0.05, 0.1) is 18.8 Å². The van der Waals surface area contributed by atoms with Crippen molar-refractivity contribution in [3.8, 4) is 11.4 Å². The fourth-order valence-corrected chi connectivity index (χ4v) is 2.70. The van der Waals surface area contributed by atoms with Crippen LogP contribution in [-0.2, 0) is 6.54 Å². The summed E-state index contributed by atoms with van der Waals surface area (Å²) in [6.07, 6.45) is 1.67. The van der Waals surface area contributed by atoms with Crippen LogP contribution in [0.5, 0.6) is 0 Å². The maximum Gasteiger partial charge on any atom is 0.240 e. The van der Waals surface area contributed by atoms with Crippen molar-refractivity contribution >= 4 is 0 Å². The highest BCUT2D eigenvalue weighted by atomic mass is 16.5. The summed E-state index contributed by atoms with van der Waals surface area (Å²) >= 11 is 0. The van der Waals surface area contributed by atoms with E-state index in [0.29, 0.717) is 18.3 Å². The number of nitrogens with one attached hydrogen (secondary N) is 1. The van der Waals surface area contributed by atoms with Crippen molar-refractivity contribution in [3.63, 3.8) is 0 Å². The van der Waals surface area contributed by atoms with Crippen LogP contribution in [0, 0.1) is 0 Å². The van der Waals surface area contributed by atoms with Crippen LogP contribution in [0.3, 0.4) is 0 Å². The minimum atomic E-state index is -0.0803. The van der Waals surface area contributed by atoms with Crippen molar-refractivity contribution in [3.05, 3.63) is 96.3 Å². The van der Waals surface area contributed by atoms with E-state index in [0.717, 1.165) is 16.9 Å². The van der Waals surface area contributed by atoms with Crippen molar-refractivity contribution in [2.75, 3.05) is 0 Å². The van der Waals surface area contributed by atoms with Crippen LogP contribution in [0.15, 0.2) is 88.0 Å². The normalized spacial score (nSPS) is 12.2. The zero-order valence-corrected chi connectivity index (χ0v) is 13.5. The minimum Gasteiger partial charge on any atom is -0.467 e. The van der Waals surface area contributed by atoms with Crippen LogP contribution < -0.4 is 5.32 Å². The van der Waals surface area contributed by atoms with Gasteiger partial charge in [0.2, 0.25) is 11.7 Å². The summed E-state index contributed by atoms with van der Waals surface area (Å²) < 4.78 is 11.0. The van der Waals surface area contributed by atoms with Gasteiger partial charge < -0.3 is 8.94 Å². The van der Waals surface area contributed by atoms with Gasteiger partial charge in [0.1, 0.15) is 5.76 Å². The molecule has 0 amide bonds. The maximum absolute atomic E-state index is 5.58. The molecule has 5 heteroatoms. The Kier molecular flexibility index (Phi) is 4.39. The van der Waals surface area contributed by atoms with Gasteiger partial charge in [0, 0.05) is 5.56 Å². The second kappa shape index (κ2) is 7.15. The zero-order valence-electron chi connectivity index (χ0n) is 13.5. The SMILES string of the molecule is c1ccc(-c2noc(CN[C@H](c3ccccc3)c3ccco3)n2)cc1. The quantitative estimate of drug-likeness (QED) is 0.573. The van der Waals surface area contributed by atoms with Crippen molar-refractivity contribution in [1.82, 2.24) is 15.5 Å². The molecule has 5 nitrogen and oxygen atoms in total. The molecule has 25 heavy (non-hydrogen) atoms. The molecule has 1 N–H and O–H groups in total. The molecule has 0 fully saturated rings. The van der Waals surface area contributed by atoms with Gasteiger partial charge >= 0.3 is 0 Å². The summed E-state index contributed by atoms with van der Waals surface area (Å²) in [4.78, 5) is 4.46. The Morgan fingerprint density at radius 1 is 0.880 bits per heavy atom. The highest BCUT2D eigenvalue weighted by Crippen LogP contribution is 2.23. The van der Waals surface area contributed by atoms with Crippen molar-refractivity contribution in [2.45, 2.75) is 12.6 Å². The molecule has 0 aliphatic heterocycles. The predicted molar refractivity (Wildman–Crippen MR) is 93.6 cm³/mol. The molecule has 1 atom stereocenters. The van der Waals surface area contributed by atoms with Gasteiger partial charge in [-0.25, -0.2) is 0 Å². The predicted octanol–water partition coefficient (Wildman–Crippen LogP) is 4.21. The summed E-state index contributed by atoms with van der Waals surface area (Å²) in [6, 6.07) is 23.7. The first-order valence-electron chi connectivity index (χ1n) is 8.10. The van der Waals surface area contributed by atoms with E-state index in [-0.39, 0.29) is 6.04 Å². The first-order valence-corrected chi connectivity index (χ1v) is 8.10. The number of hydrogen-bond donors (Lipinski definition) is 1. The van der Waals surface area contributed by atoms with Crippen LogP contribution in [0.25, 0.3) is 11.4 Å². The van der Waals surface area contributed by atoms with E-state index in [4.69, 9.17) is 8.94 Å². The number of furan rings is 1. The fraction of sp³-hybridized carbons (Fsp3) is 0.100. The molecule has 0 radical (unpaired) electrons. The highest BCUT2D eigenvalue weighted by molar-refractivity contribution is 5.53. The third-order valence-corrected chi connectivity index (χ3v) is 3.92. The molecule has 0 aliphatic rings. The molecule has 2 aromatic heterocycles. The lowest BCUT2D eigenvalue weighted by Gasteiger charge is -2.15. The maximum atomic E-state index is 5.58. The first-order chi connectivity index (χ1) is 12.4. The number of benzene rings is 2. The number of rotatable bonds is 6. The van der Waals surface area contributed by atoms with Gasteiger partial charge in [-0.15, -0.1) is 0 Å². The number of nitrogens with zero attached hydrogens (tertiary/aromatic N) is 2. The Morgan fingerprint density at radius 2 is 1.64 bits per heavy atom. The Hall–Kier alpha value is -3.18. The molecule has 0 aliphatic carbocycles. The molecule has 2 heterocycles. The highest BCUT2D eigenvalue weighted by Gasteiger charge is 2.17. The van der Waals surface area contributed by atoms with E-state index in [9.17, 15) is 0 Å². The third-order valence-electron chi connectivity index (χ3n) is 3.92. The van der Waals surface area contributed by atoms with Crippen LogP contribution in [0.1, 0.15) is 23.3 Å². The third kappa shape index (κ3) is 3.51. The van der Waals surface area contributed by atoms with Crippen LogP contribution in [-0.4, -0.2) is 10.1 Å². The van der Waals surface area contributed by atoms with Crippen LogP contribution in [0.2, 0.25) is 0 Å². The molecule has 0 bridgehead atoms. The van der Waals surface area contributed by atoms with Crippen molar-refractivity contribution in [1.29, 1.82) is 0 Å². The Morgan fingerprint density at radius 3 is 2.36 bits per heavy atom. The second-order valence-corrected chi connectivity index (χ2v) is 5.62. The van der Waals surface area contributed by atoms with Gasteiger partial charge in [-0.05, 0) is 17.7 Å². The Labute approximate surface area is 145 Å². The van der Waals surface area contributed by atoms with E-state index in [2.05, 4.69) is 27.6 Å². The monoisotopic (exact) mass is 331 g/mol. The fourth-order valence-electron chi connectivity index (χ4n) is 2.70. The average molecular weight is 331 g/mol. The molecule has 124 valence electrons. The number of hydrogen-bond acceptors (Lipinski definition) is 5. The lowest BCUT2D eigenvalue weighted by molar-refractivity contribution is 0.355. The smallest absolute Gasteiger partial charge is 0.240 e. The van der Waals surface area contributed by atoms with Crippen molar-refractivity contribution < 1.29 is 8.94 Å². The van der Waals surface area contributed by atoms with E-state index in [1.807, 2.05) is 60.7 Å². The van der Waals surface area contributed by atoms with Gasteiger partial charge in [-0.1, -0.05) is 65.8 Å². The average Bonchev–Trinajstić information content (AvgIpc) is 3.36. The summed E-state index contributed by atoms with van der Waals surface area (Å²) in [5.74, 6) is 1.96. The van der Waals surface area contributed by atoms with E-state index >= 15 is 0 Å². The van der Waals surface area contributed by atoms with Gasteiger partial charge in [-0.3, -0.25) is 5.32 Å². The molecule has 2 aromatic carbocycles. The summed E-state index contributed by atoms with van der Waals surface area (Å²) in [6.45, 7) is 0.445.